The van der Waals surface area contributed by atoms with Crippen molar-refractivity contribution < 1.29 is 22.2 Å². The fourth-order valence-corrected chi connectivity index (χ4v) is 0.642. The predicted octanol–water partition coefficient (Wildman–Crippen LogP) is 0.429. The van der Waals surface area contributed by atoms with Crippen LogP contribution in [-0.2, 0) is 10.1 Å². The molecule has 3 N–H and O–H groups in total. The van der Waals surface area contributed by atoms with Crippen molar-refractivity contribution >= 4 is 16.0 Å². The average molecular weight is 235 g/mol. The fourth-order valence-electron chi connectivity index (χ4n) is 0.642. The Balaban J connectivity index is 0.000000336. The maximum Gasteiger partial charge on any atom is 0.261 e. The van der Waals surface area contributed by atoms with E-state index in [4.69, 9.17) is 10.3 Å². The molecule has 5 nitrogen and oxygen atoms in total. The summed E-state index contributed by atoms with van der Waals surface area (Å²) in [7, 11) is -3.67. The first-order valence-electron chi connectivity index (χ1n) is 3.68. The lowest BCUT2D eigenvalue weighted by Gasteiger charge is -1.92. The van der Waals surface area contributed by atoms with E-state index in [-0.39, 0.29) is 5.56 Å². The highest BCUT2D eigenvalue weighted by atomic mass is 32.2. The SMILES string of the molecule is CS(=O)(=O)O.NC(=O)c1cccc(F)c1. The molecule has 0 aliphatic heterocycles. The van der Waals surface area contributed by atoms with Crippen molar-refractivity contribution in [3.8, 4) is 0 Å². The summed E-state index contributed by atoms with van der Waals surface area (Å²) in [6, 6.07) is 5.26. The van der Waals surface area contributed by atoms with Crippen molar-refractivity contribution in [1.29, 1.82) is 0 Å². The summed E-state index contributed by atoms with van der Waals surface area (Å²) in [5.41, 5.74) is 5.07. The Bertz CT molecular complexity index is 436. The quantitative estimate of drug-likeness (QED) is 0.689. The molecule has 0 unspecified atom stereocenters. The van der Waals surface area contributed by atoms with Crippen molar-refractivity contribution in [2.75, 3.05) is 6.26 Å². The molecule has 84 valence electrons. The molecule has 0 atom stereocenters. The molecule has 1 rings (SSSR count). The molecule has 0 aliphatic carbocycles. The van der Waals surface area contributed by atoms with Gasteiger partial charge in [-0.05, 0) is 18.2 Å². The van der Waals surface area contributed by atoms with Gasteiger partial charge in [-0.1, -0.05) is 6.07 Å². The molecule has 0 heterocycles. The Morgan fingerprint density at radius 3 is 2.20 bits per heavy atom. The van der Waals surface area contributed by atoms with Gasteiger partial charge in [-0.25, -0.2) is 4.39 Å². The lowest BCUT2D eigenvalue weighted by atomic mass is 10.2. The third-order valence-corrected chi connectivity index (χ3v) is 1.11. The van der Waals surface area contributed by atoms with Crippen molar-refractivity contribution in [3.63, 3.8) is 0 Å². The van der Waals surface area contributed by atoms with Gasteiger partial charge in [0.05, 0.1) is 6.26 Å². The number of hydrogen-bond acceptors (Lipinski definition) is 3. The van der Waals surface area contributed by atoms with E-state index in [0.717, 1.165) is 6.07 Å². The third-order valence-electron chi connectivity index (χ3n) is 1.11. The molecule has 1 aromatic rings. The molecule has 0 saturated heterocycles. The van der Waals surface area contributed by atoms with Crippen molar-refractivity contribution in [2.45, 2.75) is 0 Å². The summed E-state index contributed by atoms with van der Waals surface area (Å²) in [5, 5.41) is 0. The van der Waals surface area contributed by atoms with E-state index in [0.29, 0.717) is 6.26 Å². The monoisotopic (exact) mass is 235 g/mol. The number of rotatable bonds is 1. The van der Waals surface area contributed by atoms with Crippen LogP contribution in [0.3, 0.4) is 0 Å². The van der Waals surface area contributed by atoms with Gasteiger partial charge in [0.1, 0.15) is 5.82 Å². The summed E-state index contributed by atoms with van der Waals surface area (Å²) >= 11 is 0. The molecule has 0 fully saturated rings. The summed E-state index contributed by atoms with van der Waals surface area (Å²) in [6.45, 7) is 0. The summed E-state index contributed by atoms with van der Waals surface area (Å²) < 4.78 is 38.2. The van der Waals surface area contributed by atoms with E-state index in [9.17, 15) is 17.6 Å². The van der Waals surface area contributed by atoms with E-state index < -0.39 is 21.8 Å². The molecule has 1 amide bonds. The van der Waals surface area contributed by atoms with Crippen LogP contribution in [0.1, 0.15) is 10.4 Å². The number of hydrogen-bond donors (Lipinski definition) is 2. The molecule has 0 aromatic heterocycles. The van der Waals surface area contributed by atoms with Gasteiger partial charge >= 0.3 is 0 Å². The van der Waals surface area contributed by atoms with Crippen molar-refractivity contribution in [1.82, 2.24) is 0 Å². The topological polar surface area (TPSA) is 97.5 Å². The van der Waals surface area contributed by atoms with Crippen LogP contribution in [0.2, 0.25) is 0 Å². The largest absolute Gasteiger partial charge is 0.366 e. The highest BCUT2D eigenvalue weighted by Gasteiger charge is 1.98. The zero-order chi connectivity index (χ0) is 12.1. The zero-order valence-electron chi connectivity index (χ0n) is 7.84. The minimum Gasteiger partial charge on any atom is -0.366 e. The van der Waals surface area contributed by atoms with E-state index >= 15 is 0 Å². The van der Waals surface area contributed by atoms with Gasteiger partial charge in [0.25, 0.3) is 10.1 Å². The second kappa shape index (κ2) is 5.42. The Morgan fingerprint density at radius 1 is 1.47 bits per heavy atom. The molecular weight excluding hydrogens is 225 g/mol. The standard InChI is InChI=1S/C7H6FNO.CH4O3S/c8-6-3-1-2-5(4-6)7(9)10;1-5(2,3)4/h1-4H,(H2,9,10);1H3,(H,2,3,4). The van der Waals surface area contributed by atoms with Crippen molar-refractivity contribution in [3.05, 3.63) is 35.6 Å². The van der Waals surface area contributed by atoms with Gasteiger partial charge in [0.15, 0.2) is 0 Å². The van der Waals surface area contributed by atoms with E-state index in [1.807, 2.05) is 0 Å². The smallest absolute Gasteiger partial charge is 0.261 e. The normalized spacial score (nSPS) is 10.1. The molecule has 0 spiro atoms. The second-order valence-corrected chi connectivity index (χ2v) is 4.07. The van der Waals surface area contributed by atoms with Crippen LogP contribution >= 0.6 is 0 Å². The lowest BCUT2D eigenvalue weighted by molar-refractivity contribution is 0.1000. The Morgan fingerprint density at radius 2 is 1.93 bits per heavy atom. The zero-order valence-corrected chi connectivity index (χ0v) is 8.66. The van der Waals surface area contributed by atoms with Crippen LogP contribution in [0.4, 0.5) is 4.39 Å². The molecule has 0 saturated carbocycles. The first kappa shape index (κ1) is 13.5. The first-order chi connectivity index (χ1) is 6.70. The first-order valence-corrected chi connectivity index (χ1v) is 5.53. The Kier molecular flexibility index (Phi) is 4.89. The third kappa shape index (κ3) is 8.85. The van der Waals surface area contributed by atoms with Crippen LogP contribution in [-0.4, -0.2) is 25.1 Å². The summed E-state index contributed by atoms with van der Waals surface area (Å²) in [5.74, 6) is -1.06. The number of amides is 1. The lowest BCUT2D eigenvalue weighted by Crippen LogP contribution is -2.10. The van der Waals surface area contributed by atoms with E-state index in [1.54, 1.807) is 0 Å². The number of halogens is 1. The Labute approximate surface area is 86.5 Å². The molecule has 1 aromatic carbocycles. The molecular formula is C8H10FNO4S. The number of nitrogens with two attached hydrogens (primary N) is 1. The highest BCUT2D eigenvalue weighted by molar-refractivity contribution is 7.85. The van der Waals surface area contributed by atoms with Gasteiger partial charge in [-0.3, -0.25) is 9.35 Å². The molecule has 0 aliphatic rings. The van der Waals surface area contributed by atoms with Crippen LogP contribution in [0.15, 0.2) is 24.3 Å². The average Bonchev–Trinajstić information content (AvgIpc) is 2.00. The number of carbonyl (C=O) groups is 1. The summed E-state index contributed by atoms with van der Waals surface area (Å²) in [4.78, 5) is 10.4. The molecule has 0 radical (unpaired) electrons. The van der Waals surface area contributed by atoms with Crippen LogP contribution in [0.25, 0.3) is 0 Å². The maximum absolute atomic E-state index is 12.3. The molecule has 15 heavy (non-hydrogen) atoms. The van der Waals surface area contributed by atoms with Gasteiger partial charge in [-0.15, -0.1) is 0 Å². The molecule has 0 bridgehead atoms. The number of benzene rings is 1. The second-order valence-electron chi connectivity index (χ2n) is 2.61. The van der Waals surface area contributed by atoms with Gasteiger partial charge in [0.2, 0.25) is 5.91 Å². The van der Waals surface area contributed by atoms with Crippen LogP contribution in [0.5, 0.6) is 0 Å². The minimum absolute atomic E-state index is 0.194. The van der Waals surface area contributed by atoms with Crippen LogP contribution < -0.4 is 5.73 Å². The molecule has 7 heteroatoms. The van der Waals surface area contributed by atoms with Gasteiger partial charge in [-0.2, -0.15) is 8.42 Å². The highest BCUT2D eigenvalue weighted by Crippen LogP contribution is 2.01. The van der Waals surface area contributed by atoms with Crippen molar-refractivity contribution in [2.24, 2.45) is 5.73 Å². The van der Waals surface area contributed by atoms with Crippen LogP contribution in [0, 0.1) is 5.82 Å². The van der Waals surface area contributed by atoms with E-state index in [1.165, 1.54) is 18.2 Å². The van der Waals surface area contributed by atoms with Gasteiger partial charge < -0.3 is 5.73 Å². The Hall–Kier alpha value is -1.47. The minimum atomic E-state index is -3.67. The number of carbonyl (C=O) groups excluding carboxylic acids is 1. The number of primary amides is 1. The van der Waals surface area contributed by atoms with E-state index in [2.05, 4.69) is 0 Å². The predicted molar refractivity (Wildman–Crippen MR) is 52.4 cm³/mol. The maximum atomic E-state index is 12.3. The summed E-state index contributed by atoms with van der Waals surface area (Å²) in [6.07, 6.45) is 0.715. The fraction of sp³-hybridized carbons (Fsp3) is 0.125. The van der Waals surface area contributed by atoms with Gasteiger partial charge in [0, 0.05) is 5.56 Å².